The molecule has 3 nitrogen and oxygen atoms in total. The van der Waals surface area contributed by atoms with Gasteiger partial charge in [0.25, 0.3) is 0 Å². The highest BCUT2D eigenvalue weighted by Crippen LogP contribution is 2.11. The van der Waals surface area contributed by atoms with Gasteiger partial charge >= 0.3 is 0 Å². The van der Waals surface area contributed by atoms with E-state index in [1.807, 2.05) is 12.3 Å². The molecule has 0 saturated heterocycles. The first-order valence-electron chi connectivity index (χ1n) is 5.78. The predicted molar refractivity (Wildman–Crippen MR) is 72.8 cm³/mol. The molecule has 0 radical (unpaired) electrons. The number of hydrogen-bond acceptors (Lipinski definition) is 2. The van der Waals surface area contributed by atoms with E-state index in [1.165, 1.54) is 5.56 Å². The van der Waals surface area contributed by atoms with Crippen molar-refractivity contribution >= 4 is 15.9 Å². The van der Waals surface area contributed by atoms with Crippen LogP contribution in [-0.2, 0) is 13.0 Å². The maximum absolute atomic E-state index is 4.19. The third kappa shape index (κ3) is 4.32. The molecule has 0 bridgehead atoms. The van der Waals surface area contributed by atoms with Crippen molar-refractivity contribution in [3.8, 4) is 0 Å². The molecule has 0 aliphatic carbocycles. The first-order valence-corrected chi connectivity index (χ1v) is 6.57. The summed E-state index contributed by atoms with van der Waals surface area (Å²) in [4.78, 5) is 7.30. The largest absolute Gasteiger partial charge is 0.349 e. The van der Waals surface area contributed by atoms with E-state index >= 15 is 0 Å². The zero-order valence-corrected chi connectivity index (χ0v) is 11.2. The lowest BCUT2D eigenvalue weighted by Crippen LogP contribution is -2.15. The monoisotopic (exact) mass is 293 g/mol. The van der Waals surface area contributed by atoms with Crippen LogP contribution in [0.3, 0.4) is 0 Å². The molecule has 17 heavy (non-hydrogen) atoms. The summed E-state index contributed by atoms with van der Waals surface area (Å²) in [6.07, 6.45) is 5.76. The Kier molecular flexibility index (Phi) is 4.76. The van der Waals surface area contributed by atoms with Crippen LogP contribution in [0, 0.1) is 0 Å². The van der Waals surface area contributed by atoms with Crippen molar-refractivity contribution in [1.82, 2.24) is 15.3 Å². The Morgan fingerprint density at radius 1 is 1.35 bits per heavy atom. The second kappa shape index (κ2) is 6.57. The molecule has 2 N–H and O–H groups in total. The summed E-state index contributed by atoms with van der Waals surface area (Å²) >= 11 is 3.47. The number of H-pyrrole nitrogens is 1. The molecule has 2 aromatic rings. The lowest BCUT2D eigenvalue weighted by Gasteiger charge is -2.04. The van der Waals surface area contributed by atoms with Crippen molar-refractivity contribution in [3.63, 3.8) is 0 Å². The minimum absolute atomic E-state index is 0.914. The van der Waals surface area contributed by atoms with E-state index in [2.05, 4.69) is 49.4 Å². The van der Waals surface area contributed by atoms with E-state index < -0.39 is 0 Å². The molecule has 1 aromatic heterocycles. The minimum atomic E-state index is 0.914. The Labute approximate surface area is 110 Å². The average molecular weight is 294 g/mol. The second-order valence-corrected chi connectivity index (χ2v) is 4.86. The average Bonchev–Trinajstić information content (AvgIpc) is 2.82. The fourth-order valence-electron chi connectivity index (χ4n) is 1.70. The van der Waals surface area contributed by atoms with Crippen LogP contribution in [0.2, 0.25) is 0 Å². The van der Waals surface area contributed by atoms with Crippen molar-refractivity contribution in [2.45, 2.75) is 19.4 Å². The van der Waals surface area contributed by atoms with Crippen LogP contribution in [0.4, 0.5) is 0 Å². The Morgan fingerprint density at radius 2 is 2.29 bits per heavy atom. The summed E-state index contributed by atoms with van der Waals surface area (Å²) in [5.74, 6) is 1.06. The van der Waals surface area contributed by atoms with Gasteiger partial charge in [-0.2, -0.15) is 0 Å². The Balaban J connectivity index is 1.63. The van der Waals surface area contributed by atoms with E-state index in [-0.39, 0.29) is 0 Å². The number of rotatable bonds is 6. The van der Waals surface area contributed by atoms with Gasteiger partial charge < -0.3 is 10.3 Å². The molecule has 90 valence electrons. The molecule has 4 heteroatoms. The van der Waals surface area contributed by atoms with Crippen molar-refractivity contribution < 1.29 is 0 Å². The van der Waals surface area contributed by atoms with Crippen LogP contribution in [0.1, 0.15) is 17.8 Å². The number of hydrogen-bond donors (Lipinski definition) is 2. The van der Waals surface area contributed by atoms with Crippen LogP contribution >= 0.6 is 15.9 Å². The first kappa shape index (κ1) is 12.3. The van der Waals surface area contributed by atoms with Gasteiger partial charge in [-0.3, -0.25) is 0 Å². The molecule has 2 rings (SSSR count). The third-order valence-corrected chi connectivity index (χ3v) is 3.03. The number of nitrogens with zero attached hydrogens (tertiary/aromatic N) is 1. The normalized spacial score (nSPS) is 10.6. The molecule has 0 atom stereocenters. The molecular weight excluding hydrogens is 278 g/mol. The molecular formula is C13H16BrN3. The maximum Gasteiger partial charge on any atom is 0.106 e. The highest BCUT2D eigenvalue weighted by atomic mass is 79.9. The first-order chi connectivity index (χ1) is 8.34. The number of imidazole rings is 1. The fraction of sp³-hybridized carbons (Fsp3) is 0.308. The van der Waals surface area contributed by atoms with Crippen LogP contribution in [0.15, 0.2) is 41.1 Å². The number of benzene rings is 1. The minimum Gasteiger partial charge on any atom is -0.349 e. The van der Waals surface area contributed by atoms with Crippen molar-refractivity contribution in [1.29, 1.82) is 0 Å². The smallest absolute Gasteiger partial charge is 0.106 e. The SMILES string of the molecule is Brc1cccc(CNCCCc2ncc[nH]2)c1. The summed E-state index contributed by atoms with van der Waals surface area (Å²) in [7, 11) is 0. The van der Waals surface area contributed by atoms with Crippen LogP contribution < -0.4 is 5.32 Å². The number of aromatic amines is 1. The van der Waals surface area contributed by atoms with E-state index in [9.17, 15) is 0 Å². The van der Waals surface area contributed by atoms with Crippen LogP contribution in [0.5, 0.6) is 0 Å². The van der Waals surface area contributed by atoms with Gasteiger partial charge in [-0.25, -0.2) is 4.98 Å². The molecule has 0 fully saturated rings. The number of nitrogens with one attached hydrogen (secondary N) is 2. The highest BCUT2D eigenvalue weighted by Gasteiger charge is 1.96. The fourth-order valence-corrected chi connectivity index (χ4v) is 2.14. The lowest BCUT2D eigenvalue weighted by atomic mass is 10.2. The molecule has 0 aliphatic heterocycles. The zero-order valence-electron chi connectivity index (χ0n) is 9.62. The van der Waals surface area contributed by atoms with Gasteiger partial charge in [0.2, 0.25) is 0 Å². The molecule has 1 heterocycles. The number of aromatic nitrogens is 2. The van der Waals surface area contributed by atoms with Gasteiger partial charge in [0.15, 0.2) is 0 Å². The molecule has 0 saturated carbocycles. The van der Waals surface area contributed by atoms with E-state index in [0.717, 1.165) is 36.2 Å². The lowest BCUT2D eigenvalue weighted by molar-refractivity contribution is 0.641. The van der Waals surface area contributed by atoms with E-state index in [4.69, 9.17) is 0 Å². The summed E-state index contributed by atoms with van der Waals surface area (Å²) in [5.41, 5.74) is 1.30. The Bertz CT molecular complexity index is 440. The Morgan fingerprint density at radius 3 is 3.06 bits per heavy atom. The molecule has 0 aliphatic rings. The molecule has 0 unspecified atom stereocenters. The van der Waals surface area contributed by atoms with Gasteiger partial charge in [0, 0.05) is 29.8 Å². The number of halogens is 1. The van der Waals surface area contributed by atoms with E-state index in [0.29, 0.717) is 0 Å². The molecule has 0 spiro atoms. The zero-order chi connectivity index (χ0) is 11.9. The van der Waals surface area contributed by atoms with E-state index in [1.54, 1.807) is 6.20 Å². The standard InChI is InChI=1S/C13H16BrN3/c14-12-4-1-3-11(9-12)10-15-6-2-5-13-16-7-8-17-13/h1,3-4,7-9,15H,2,5-6,10H2,(H,16,17). The predicted octanol–water partition coefficient (Wildman–Crippen LogP) is 2.89. The van der Waals surface area contributed by atoms with Crippen molar-refractivity contribution in [2.75, 3.05) is 6.54 Å². The summed E-state index contributed by atoms with van der Waals surface area (Å²) < 4.78 is 1.13. The van der Waals surface area contributed by atoms with Gasteiger partial charge in [-0.15, -0.1) is 0 Å². The van der Waals surface area contributed by atoms with Gasteiger partial charge in [0.1, 0.15) is 5.82 Å². The summed E-state index contributed by atoms with van der Waals surface area (Å²) in [6.45, 7) is 1.92. The summed E-state index contributed by atoms with van der Waals surface area (Å²) in [5, 5.41) is 3.43. The van der Waals surface area contributed by atoms with Gasteiger partial charge in [-0.1, -0.05) is 28.1 Å². The van der Waals surface area contributed by atoms with Crippen LogP contribution in [-0.4, -0.2) is 16.5 Å². The third-order valence-electron chi connectivity index (χ3n) is 2.54. The molecule has 1 aromatic carbocycles. The van der Waals surface area contributed by atoms with Crippen molar-refractivity contribution in [3.05, 3.63) is 52.5 Å². The Hall–Kier alpha value is -1.13. The topological polar surface area (TPSA) is 40.7 Å². The van der Waals surface area contributed by atoms with Gasteiger partial charge in [0.05, 0.1) is 0 Å². The number of aryl methyl sites for hydroxylation is 1. The highest BCUT2D eigenvalue weighted by molar-refractivity contribution is 9.10. The van der Waals surface area contributed by atoms with Crippen LogP contribution in [0.25, 0.3) is 0 Å². The summed E-state index contributed by atoms with van der Waals surface area (Å²) in [6, 6.07) is 8.37. The second-order valence-electron chi connectivity index (χ2n) is 3.95. The quantitative estimate of drug-likeness (QED) is 0.804. The maximum atomic E-state index is 4.19. The van der Waals surface area contributed by atoms with Gasteiger partial charge in [-0.05, 0) is 30.7 Å². The molecule has 0 amide bonds. The van der Waals surface area contributed by atoms with Crippen molar-refractivity contribution in [2.24, 2.45) is 0 Å².